The lowest BCUT2D eigenvalue weighted by Crippen LogP contribution is -2.00. The largest absolute Gasteiger partial charge is 0.366 e. The van der Waals surface area contributed by atoms with Crippen LogP contribution in [0, 0.1) is 0 Å². The Morgan fingerprint density at radius 2 is 1.91 bits per heavy atom. The molecule has 0 spiro atoms. The molecule has 0 fully saturated rings. The van der Waals surface area contributed by atoms with Crippen molar-refractivity contribution in [3.63, 3.8) is 0 Å². The monoisotopic (exact) mass is 288 g/mol. The summed E-state index contributed by atoms with van der Waals surface area (Å²) in [6.07, 6.45) is 5.75. The van der Waals surface area contributed by atoms with E-state index >= 15 is 0 Å². The van der Waals surface area contributed by atoms with Crippen LogP contribution < -0.4 is 5.32 Å². The molecular formula is C18H16N4. The van der Waals surface area contributed by atoms with Gasteiger partial charge < -0.3 is 10.3 Å². The predicted molar refractivity (Wildman–Crippen MR) is 89.4 cm³/mol. The standard InChI is InChI=1S/C18H16N4/c1-2-4-14(5-3-1)13-22-18-7-6-16(10-15(18)11-20-22)21-17-8-9-19-12-17/h1-12,19,21H,13H2. The van der Waals surface area contributed by atoms with E-state index in [2.05, 4.69) is 57.9 Å². The number of nitrogens with zero attached hydrogens (tertiary/aromatic N) is 2. The second-order valence-electron chi connectivity index (χ2n) is 5.29. The SMILES string of the molecule is c1ccc(Cn2ncc3cc(Nc4cc[nH]c4)ccc32)cc1. The van der Waals surface area contributed by atoms with Gasteiger partial charge in [-0.15, -0.1) is 0 Å². The lowest BCUT2D eigenvalue weighted by molar-refractivity contribution is 0.712. The van der Waals surface area contributed by atoms with Crippen molar-refractivity contribution >= 4 is 22.3 Å². The summed E-state index contributed by atoms with van der Waals surface area (Å²) >= 11 is 0. The van der Waals surface area contributed by atoms with Gasteiger partial charge in [-0.2, -0.15) is 5.10 Å². The summed E-state index contributed by atoms with van der Waals surface area (Å²) < 4.78 is 2.03. The van der Waals surface area contributed by atoms with E-state index in [9.17, 15) is 0 Å². The molecule has 22 heavy (non-hydrogen) atoms. The lowest BCUT2D eigenvalue weighted by Gasteiger charge is -2.06. The van der Waals surface area contributed by atoms with Crippen LogP contribution in [0.1, 0.15) is 5.56 Å². The third-order valence-electron chi connectivity index (χ3n) is 3.70. The van der Waals surface area contributed by atoms with Crippen molar-refractivity contribution in [1.29, 1.82) is 0 Å². The molecule has 2 aromatic carbocycles. The summed E-state index contributed by atoms with van der Waals surface area (Å²) in [4.78, 5) is 3.04. The molecule has 2 heterocycles. The molecule has 0 aliphatic heterocycles. The topological polar surface area (TPSA) is 45.6 Å². The van der Waals surface area contributed by atoms with Gasteiger partial charge in [-0.1, -0.05) is 30.3 Å². The molecule has 4 aromatic rings. The fourth-order valence-electron chi connectivity index (χ4n) is 2.62. The van der Waals surface area contributed by atoms with E-state index in [0.717, 1.165) is 28.8 Å². The fourth-order valence-corrected chi connectivity index (χ4v) is 2.62. The maximum atomic E-state index is 4.51. The van der Waals surface area contributed by atoms with Gasteiger partial charge in [-0.25, -0.2) is 0 Å². The highest BCUT2D eigenvalue weighted by Gasteiger charge is 2.05. The van der Waals surface area contributed by atoms with E-state index in [1.807, 2.05) is 35.4 Å². The van der Waals surface area contributed by atoms with Crippen molar-refractivity contribution < 1.29 is 0 Å². The van der Waals surface area contributed by atoms with Gasteiger partial charge in [-0.05, 0) is 29.8 Å². The zero-order chi connectivity index (χ0) is 14.8. The van der Waals surface area contributed by atoms with E-state index in [-0.39, 0.29) is 0 Å². The van der Waals surface area contributed by atoms with Crippen LogP contribution in [-0.4, -0.2) is 14.8 Å². The number of aromatic nitrogens is 3. The molecule has 0 aliphatic carbocycles. The summed E-state index contributed by atoms with van der Waals surface area (Å²) in [5.41, 5.74) is 4.51. The Balaban J connectivity index is 1.63. The molecule has 0 atom stereocenters. The van der Waals surface area contributed by atoms with E-state index in [4.69, 9.17) is 0 Å². The van der Waals surface area contributed by atoms with E-state index in [1.165, 1.54) is 5.56 Å². The Labute approximate surface area is 128 Å². The van der Waals surface area contributed by atoms with E-state index in [0.29, 0.717) is 0 Å². The highest BCUT2D eigenvalue weighted by molar-refractivity contribution is 5.83. The summed E-state index contributed by atoms with van der Waals surface area (Å²) in [5, 5.41) is 9.01. The molecule has 2 N–H and O–H groups in total. The number of H-pyrrole nitrogens is 1. The Bertz CT molecular complexity index is 876. The van der Waals surface area contributed by atoms with Crippen molar-refractivity contribution in [3.8, 4) is 0 Å². The van der Waals surface area contributed by atoms with Crippen molar-refractivity contribution in [1.82, 2.24) is 14.8 Å². The Hall–Kier alpha value is -3.01. The molecule has 0 aliphatic rings. The minimum atomic E-state index is 0.787. The summed E-state index contributed by atoms with van der Waals surface area (Å²) in [6, 6.07) is 18.7. The number of nitrogens with one attached hydrogen (secondary N) is 2. The molecule has 0 radical (unpaired) electrons. The van der Waals surface area contributed by atoms with Crippen LogP contribution in [0.25, 0.3) is 10.9 Å². The maximum Gasteiger partial charge on any atom is 0.0687 e. The van der Waals surface area contributed by atoms with Gasteiger partial charge in [-0.3, -0.25) is 4.68 Å². The average Bonchev–Trinajstić information content (AvgIpc) is 3.19. The number of benzene rings is 2. The van der Waals surface area contributed by atoms with Crippen LogP contribution in [-0.2, 0) is 6.54 Å². The summed E-state index contributed by atoms with van der Waals surface area (Å²) in [5.74, 6) is 0. The van der Waals surface area contributed by atoms with Gasteiger partial charge in [0.1, 0.15) is 0 Å². The first kappa shape index (κ1) is 12.7. The molecule has 0 saturated heterocycles. The molecule has 0 amide bonds. The van der Waals surface area contributed by atoms with Gasteiger partial charge in [0.2, 0.25) is 0 Å². The molecule has 0 unspecified atom stereocenters. The number of fused-ring (bicyclic) bond motifs is 1. The summed E-state index contributed by atoms with van der Waals surface area (Å²) in [7, 11) is 0. The lowest BCUT2D eigenvalue weighted by atomic mass is 10.2. The molecule has 4 nitrogen and oxygen atoms in total. The van der Waals surface area contributed by atoms with Gasteiger partial charge >= 0.3 is 0 Å². The van der Waals surface area contributed by atoms with Gasteiger partial charge in [0, 0.05) is 23.5 Å². The first-order valence-corrected chi connectivity index (χ1v) is 7.28. The fraction of sp³-hybridized carbons (Fsp3) is 0.0556. The van der Waals surface area contributed by atoms with Crippen LogP contribution in [0.4, 0.5) is 11.4 Å². The first-order valence-electron chi connectivity index (χ1n) is 7.28. The predicted octanol–water partition coefficient (Wildman–Crippen LogP) is 4.16. The van der Waals surface area contributed by atoms with Gasteiger partial charge in [0.25, 0.3) is 0 Å². The second kappa shape index (κ2) is 5.41. The van der Waals surface area contributed by atoms with Crippen molar-refractivity contribution in [3.05, 3.63) is 78.8 Å². The quantitative estimate of drug-likeness (QED) is 0.592. The third kappa shape index (κ3) is 2.46. The van der Waals surface area contributed by atoms with Crippen molar-refractivity contribution in [2.75, 3.05) is 5.32 Å². The van der Waals surface area contributed by atoms with Crippen LogP contribution in [0.5, 0.6) is 0 Å². The average molecular weight is 288 g/mol. The van der Waals surface area contributed by atoms with Crippen LogP contribution in [0.15, 0.2) is 73.2 Å². The highest BCUT2D eigenvalue weighted by atomic mass is 15.3. The minimum absolute atomic E-state index is 0.787. The Kier molecular flexibility index (Phi) is 3.12. The van der Waals surface area contributed by atoms with Crippen molar-refractivity contribution in [2.45, 2.75) is 6.54 Å². The number of anilines is 2. The molecular weight excluding hydrogens is 272 g/mol. The number of rotatable bonds is 4. The van der Waals surface area contributed by atoms with E-state index in [1.54, 1.807) is 0 Å². The maximum absolute atomic E-state index is 4.51. The van der Waals surface area contributed by atoms with Crippen LogP contribution in [0.2, 0.25) is 0 Å². The Morgan fingerprint density at radius 1 is 1.00 bits per heavy atom. The normalized spacial score (nSPS) is 10.9. The molecule has 108 valence electrons. The molecule has 0 saturated carbocycles. The number of hydrogen-bond donors (Lipinski definition) is 2. The molecule has 4 heteroatoms. The number of aromatic amines is 1. The number of hydrogen-bond acceptors (Lipinski definition) is 2. The molecule has 4 rings (SSSR count). The first-order chi connectivity index (χ1) is 10.9. The van der Waals surface area contributed by atoms with E-state index < -0.39 is 0 Å². The van der Waals surface area contributed by atoms with Gasteiger partial charge in [0.05, 0.1) is 23.9 Å². The second-order valence-corrected chi connectivity index (χ2v) is 5.29. The highest BCUT2D eigenvalue weighted by Crippen LogP contribution is 2.22. The third-order valence-corrected chi connectivity index (χ3v) is 3.70. The zero-order valence-electron chi connectivity index (χ0n) is 12.0. The Morgan fingerprint density at radius 3 is 2.73 bits per heavy atom. The summed E-state index contributed by atoms with van der Waals surface area (Å²) in [6.45, 7) is 0.787. The van der Waals surface area contributed by atoms with Crippen LogP contribution >= 0.6 is 0 Å². The van der Waals surface area contributed by atoms with Crippen molar-refractivity contribution in [2.24, 2.45) is 0 Å². The molecule has 2 aromatic heterocycles. The zero-order valence-corrected chi connectivity index (χ0v) is 12.0. The smallest absolute Gasteiger partial charge is 0.0687 e. The molecule has 0 bridgehead atoms. The van der Waals surface area contributed by atoms with Gasteiger partial charge in [0.15, 0.2) is 0 Å². The minimum Gasteiger partial charge on any atom is -0.366 e. The van der Waals surface area contributed by atoms with Crippen LogP contribution in [0.3, 0.4) is 0 Å².